The van der Waals surface area contributed by atoms with E-state index in [0.29, 0.717) is 10.6 Å². The van der Waals surface area contributed by atoms with Crippen LogP contribution in [0.2, 0.25) is 5.02 Å². The summed E-state index contributed by atoms with van der Waals surface area (Å²) in [6.07, 6.45) is 1.90. The lowest BCUT2D eigenvalue weighted by Gasteiger charge is -2.25. The number of hydrogen-bond acceptors (Lipinski definition) is 2. The van der Waals surface area contributed by atoms with Crippen LogP contribution in [-0.4, -0.2) is 24.2 Å². The van der Waals surface area contributed by atoms with Crippen LogP contribution in [0.1, 0.15) is 34.7 Å². The molecule has 1 aromatic rings. The first kappa shape index (κ1) is 11.4. The quantitative estimate of drug-likeness (QED) is 0.834. The number of piperidine rings is 1. The first-order valence-corrected chi connectivity index (χ1v) is 5.80. The molecule has 2 rings (SSSR count). The predicted molar refractivity (Wildman–Crippen MR) is 63.3 cm³/mol. The van der Waals surface area contributed by atoms with Gasteiger partial charge in [-0.05, 0) is 49.5 Å². The van der Waals surface area contributed by atoms with Crippen molar-refractivity contribution < 1.29 is 9.90 Å². The predicted octanol–water partition coefficient (Wildman–Crippen LogP) is 2.51. The maximum atomic E-state index is 11.1. The SMILES string of the molecule is O=C(O)c1cccc(Cl)c1C1CCNCC1. The maximum Gasteiger partial charge on any atom is 0.336 e. The molecule has 0 amide bonds. The van der Waals surface area contributed by atoms with E-state index in [1.165, 1.54) is 0 Å². The number of benzene rings is 1. The van der Waals surface area contributed by atoms with Gasteiger partial charge in [0.15, 0.2) is 0 Å². The van der Waals surface area contributed by atoms with Crippen molar-refractivity contribution in [1.82, 2.24) is 5.32 Å². The number of halogens is 1. The van der Waals surface area contributed by atoms with Crippen LogP contribution in [-0.2, 0) is 0 Å². The van der Waals surface area contributed by atoms with Gasteiger partial charge in [-0.2, -0.15) is 0 Å². The molecule has 1 saturated heterocycles. The van der Waals surface area contributed by atoms with Crippen molar-refractivity contribution in [2.75, 3.05) is 13.1 Å². The monoisotopic (exact) mass is 239 g/mol. The molecule has 0 aromatic heterocycles. The van der Waals surface area contributed by atoms with Gasteiger partial charge in [0.25, 0.3) is 0 Å². The summed E-state index contributed by atoms with van der Waals surface area (Å²) in [5.41, 5.74) is 1.15. The summed E-state index contributed by atoms with van der Waals surface area (Å²) < 4.78 is 0. The highest BCUT2D eigenvalue weighted by Gasteiger charge is 2.23. The summed E-state index contributed by atoms with van der Waals surface area (Å²) in [6, 6.07) is 5.09. The molecule has 86 valence electrons. The number of carbonyl (C=O) groups is 1. The Bertz CT molecular complexity index is 400. The molecule has 1 heterocycles. The van der Waals surface area contributed by atoms with Gasteiger partial charge in [-0.25, -0.2) is 4.79 Å². The van der Waals surface area contributed by atoms with Crippen LogP contribution in [0.5, 0.6) is 0 Å². The Morgan fingerprint density at radius 3 is 2.69 bits per heavy atom. The number of rotatable bonds is 2. The topological polar surface area (TPSA) is 49.3 Å². The summed E-state index contributed by atoms with van der Waals surface area (Å²) in [5, 5.41) is 13.0. The van der Waals surface area contributed by atoms with E-state index in [0.717, 1.165) is 31.5 Å². The van der Waals surface area contributed by atoms with Crippen LogP contribution >= 0.6 is 11.6 Å². The lowest BCUT2D eigenvalue weighted by molar-refractivity contribution is 0.0695. The molecule has 0 saturated carbocycles. The summed E-state index contributed by atoms with van der Waals surface area (Å²) in [5.74, 6) is -0.628. The van der Waals surface area contributed by atoms with Crippen LogP contribution < -0.4 is 5.32 Å². The molecule has 1 fully saturated rings. The lowest BCUT2D eigenvalue weighted by atomic mass is 9.87. The highest BCUT2D eigenvalue weighted by Crippen LogP contribution is 2.33. The van der Waals surface area contributed by atoms with Crippen LogP contribution in [0.3, 0.4) is 0 Å². The molecule has 0 spiro atoms. The van der Waals surface area contributed by atoms with Crippen LogP contribution in [0.4, 0.5) is 0 Å². The largest absolute Gasteiger partial charge is 0.478 e. The highest BCUT2D eigenvalue weighted by molar-refractivity contribution is 6.31. The normalized spacial score (nSPS) is 17.3. The second-order valence-electron chi connectivity index (χ2n) is 4.03. The molecule has 1 aliphatic heterocycles. The molecule has 0 unspecified atom stereocenters. The summed E-state index contributed by atoms with van der Waals surface area (Å²) in [6.45, 7) is 1.85. The van der Waals surface area contributed by atoms with Gasteiger partial charge in [0.1, 0.15) is 0 Å². The van der Waals surface area contributed by atoms with E-state index >= 15 is 0 Å². The number of nitrogens with one attached hydrogen (secondary N) is 1. The molecule has 2 N–H and O–H groups in total. The van der Waals surface area contributed by atoms with E-state index in [1.807, 2.05) is 0 Å². The minimum atomic E-state index is -0.893. The average Bonchev–Trinajstić information content (AvgIpc) is 2.29. The Balaban J connectivity index is 2.40. The Morgan fingerprint density at radius 2 is 2.06 bits per heavy atom. The van der Waals surface area contributed by atoms with Crippen molar-refractivity contribution in [3.63, 3.8) is 0 Å². The molecule has 0 bridgehead atoms. The molecule has 0 atom stereocenters. The number of carboxylic acid groups (broad SMARTS) is 1. The summed E-state index contributed by atoms with van der Waals surface area (Å²) >= 11 is 6.12. The van der Waals surface area contributed by atoms with E-state index in [1.54, 1.807) is 18.2 Å². The van der Waals surface area contributed by atoms with Gasteiger partial charge in [0.05, 0.1) is 5.56 Å². The molecule has 0 radical (unpaired) electrons. The van der Waals surface area contributed by atoms with Gasteiger partial charge in [-0.1, -0.05) is 17.7 Å². The van der Waals surface area contributed by atoms with Crippen molar-refractivity contribution in [3.05, 3.63) is 34.3 Å². The zero-order chi connectivity index (χ0) is 11.5. The zero-order valence-electron chi connectivity index (χ0n) is 8.87. The number of hydrogen-bond donors (Lipinski definition) is 2. The Labute approximate surface area is 99.4 Å². The van der Waals surface area contributed by atoms with Gasteiger partial charge in [-0.15, -0.1) is 0 Å². The van der Waals surface area contributed by atoms with Gasteiger partial charge in [-0.3, -0.25) is 0 Å². The highest BCUT2D eigenvalue weighted by atomic mass is 35.5. The van der Waals surface area contributed by atoms with Gasteiger partial charge in [0.2, 0.25) is 0 Å². The molecule has 0 aliphatic carbocycles. The van der Waals surface area contributed by atoms with Gasteiger partial charge < -0.3 is 10.4 Å². The first-order valence-electron chi connectivity index (χ1n) is 5.42. The van der Waals surface area contributed by atoms with E-state index in [-0.39, 0.29) is 5.92 Å². The summed E-state index contributed by atoms with van der Waals surface area (Å²) in [7, 11) is 0. The van der Waals surface area contributed by atoms with Crippen molar-refractivity contribution in [1.29, 1.82) is 0 Å². The molecule has 4 heteroatoms. The number of carboxylic acids is 1. The van der Waals surface area contributed by atoms with E-state index < -0.39 is 5.97 Å². The average molecular weight is 240 g/mol. The van der Waals surface area contributed by atoms with Crippen molar-refractivity contribution >= 4 is 17.6 Å². The molecule has 16 heavy (non-hydrogen) atoms. The van der Waals surface area contributed by atoms with Gasteiger partial charge in [0, 0.05) is 5.02 Å². The second kappa shape index (κ2) is 4.85. The zero-order valence-corrected chi connectivity index (χ0v) is 9.63. The number of aromatic carboxylic acids is 1. The maximum absolute atomic E-state index is 11.1. The smallest absolute Gasteiger partial charge is 0.336 e. The minimum absolute atomic E-state index is 0.265. The fraction of sp³-hybridized carbons (Fsp3) is 0.417. The minimum Gasteiger partial charge on any atom is -0.478 e. The van der Waals surface area contributed by atoms with E-state index in [2.05, 4.69) is 5.32 Å². The molecule has 1 aliphatic rings. The fourth-order valence-corrected chi connectivity index (χ4v) is 2.58. The van der Waals surface area contributed by atoms with E-state index in [4.69, 9.17) is 16.7 Å². The van der Waals surface area contributed by atoms with Gasteiger partial charge >= 0.3 is 5.97 Å². The van der Waals surface area contributed by atoms with E-state index in [9.17, 15) is 4.79 Å². The standard InChI is InChI=1S/C12H14ClNO2/c13-10-3-1-2-9(12(15)16)11(10)8-4-6-14-7-5-8/h1-3,8,14H,4-7H2,(H,15,16). The first-order chi connectivity index (χ1) is 7.70. The van der Waals surface area contributed by atoms with Crippen LogP contribution in [0, 0.1) is 0 Å². The molecular formula is C12H14ClNO2. The Kier molecular flexibility index (Phi) is 3.46. The third-order valence-electron chi connectivity index (χ3n) is 3.03. The van der Waals surface area contributed by atoms with Crippen molar-refractivity contribution in [3.8, 4) is 0 Å². The van der Waals surface area contributed by atoms with Crippen molar-refractivity contribution in [2.45, 2.75) is 18.8 Å². The molecule has 1 aromatic carbocycles. The molecule has 3 nitrogen and oxygen atoms in total. The Hall–Kier alpha value is -1.06. The second-order valence-corrected chi connectivity index (χ2v) is 4.44. The third-order valence-corrected chi connectivity index (χ3v) is 3.36. The Morgan fingerprint density at radius 1 is 1.38 bits per heavy atom. The van der Waals surface area contributed by atoms with Crippen molar-refractivity contribution in [2.24, 2.45) is 0 Å². The lowest BCUT2D eigenvalue weighted by Crippen LogP contribution is -2.27. The molecular weight excluding hydrogens is 226 g/mol. The fourth-order valence-electron chi connectivity index (χ4n) is 2.25. The van der Waals surface area contributed by atoms with Crippen LogP contribution in [0.15, 0.2) is 18.2 Å². The summed E-state index contributed by atoms with van der Waals surface area (Å²) in [4.78, 5) is 11.1. The third kappa shape index (κ3) is 2.20. The van der Waals surface area contributed by atoms with Crippen LogP contribution in [0.25, 0.3) is 0 Å².